The highest BCUT2D eigenvalue weighted by atomic mass is 32.2. The first kappa shape index (κ1) is 13.4. The summed E-state index contributed by atoms with van der Waals surface area (Å²) < 4.78 is 32.1. The van der Waals surface area contributed by atoms with Gasteiger partial charge < -0.3 is 9.84 Å². The standard InChI is InChI=1S/C13H15NO5S/c15-13(16)12(8-1-2-8)14-20(17,18)10-3-4-11-9(7-10)5-6-19-11/h3-4,7-8,12,14H,1-2,5-6H2,(H,15,16). The van der Waals surface area contributed by atoms with Gasteiger partial charge in [0, 0.05) is 6.42 Å². The Bertz CT molecular complexity index is 651. The molecule has 1 heterocycles. The van der Waals surface area contributed by atoms with Gasteiger partial charge in [0.05, 0.1) is 11.5 Å². The van der Waals surface area contributed by atoms with E-state index in [2.05, 4.69) is 4.72 Å². The van der Waals surface area contributed by atoms with Crippen LogP contribution in [-0.2, 0) is 21.2 Å². The Hall–Kier alpha value is -1.60. The lowest BCUT2D eigenvalue weighted by molar-refractivity contribution is -0.139. The number of carboxylic acid groups (broad SMARTS) is 1. The molecule has 0 bridgehead atoms. The average Bonchev–Trinajstić information content (AvgIpc) is 3.12. The van der Waals surface area contributed by atoms with Gasteiger partial charge >= 0.3 is 5.97 Å². The van der Waals surface area contributed by atoms with Crippen LogP contribution in [0.25, 0.3) is 0 Å². The van der Waals surface area contributed by atoms with Gasteiger partial charge in [0.15, 0.2) is 0 Å². The molecule has 1 aromatic rings. The number of fused-ring (bicyclic) bond motifs is 1. The maximum Gasteiger partial charge on any atom is 0.322 e. The number of ether oxygens (including phenoxy) is 1. The largest absolute Gasteiger partial charge is 0.493 e. The first-order valence-electron chi connectivity index (χ1n) is 6.48. The second-order valence-corrected chi connectivity index (χ2v) is 6.86. The monoisotopic (exact) mass is 297 g/mol. The Kier molecular flexibility index (Phi) is 3.18. The lowest BCUT2D eigenvalue weighted by Crippen LogP contribution is -2.42. The number of aliphatic carboxylic acids is 1. The summed E-state index contributed by atoms with van der Waals surface area (Å²) in [4.78, 5) is 11.2. The van der Waals surface area contributed by atoms with Crippen LogP contribution in [0.3, 0.4) is 0 Å². The van der Waals surface area contributed by atoms with E-state index in [0.717, 1.165) is 18.4 Å². The molecule has 6 nitrogen and oxygen atoms in total. The molecule has 2 N–H and O–H groups in total. The van der Waals surface area contributed by atoms with Crippen LogP contribution in [-0.4, -0.2) is 32.1 Å². The summed E-state index contributed by atoms with van der Waals surface area (Å²) in [5.74, 6) is -0.526. The van der Waals surface area contributed by atoms with Crippen molar-refractivity contribution in [3.63, 3.8) is 0 Å². The highest BCUT2D eigenvalue weighted by Crippen LogP contribution is 2.34. The molecule has 108 valence electrons. The van der Waals surface area contributed by atoms with Crippen LogP contribution in [0.4, 0.5) is 0 Å². The average molecular weight is 297 g/mol. The van der Waals surface area contributed by atoms with Gasteiger partial charge in [-0.1, -0.05) is 0 Å². The van der Waals surface area contributed by atoms with Crippen molar-refractivity contribution in [1.29, 1.82) is 0 Å². The molecule has 2 aliphatic rings. The van der Waals surface area contributed by atoms with Crippen LogP contribution < -0.4 is 9.46 Å². The van der Waals surface area contributed by atoms with Crippen LogP contribution in [0.5, 0.6) is 5.75 Å². The molecule has 1 aliphatic heterocycles. The number of carbonyl (C=O) groups is 1. The summed E-state index contributed by atoms with van der Waals surface area (Å²) in [5, 5.41) is 9.10. The van der Waals surface area contributed by atoms with E-state index in [1.807, 2.05) is 0 Å². The zero-order chi connectivity index (χ0) is 14.3. The third kappa shape index (κ3) is 2.51. The van der Waals surface area contributed by atoms with Crippen molar-refractivity contribution in [2.45, 2.75) is 30.2 Å². The van der Waals surface area contributed by atoms with E-state index >= 15 is 0 Å². The normalized spacial score (nSPS) is 19.2. The SMILES string of the molecule is O=C(O)C(NS(=O)(=O)c1ccc2c(c1)CCO2)C1CC1. The third-order valence-electron chi connectivity index (χ3n) is 3.61. The van der Waals surface area contributed by atoms with Crippen molar-refractivity contribution in [3.8, 4) is 5.75 Å². The predicted molar refractivity (Wildman–Crippen MR) is 70.1 cm³/mol. The fraction of sp³-hybridized carbons (Fsp3) is 0.462. The van der Waals surface area contributed by atoms with Gasteiger partial charge in [0.25, 0.3) is 0 Å². The highest BCUT2D eigenvalue weighted by Gasteiger charge is 2.39. The quantitative estimate of drug-likeness (QED) is 0.837. The lowest BCUT2D eigenvalue weighted by atomic mass is 10.2. The van der Waals surface area contributed by atoms with Gasteiger partial charge in [0.1, 0.15) is 11.8 Å². The molecular formula is C13H15NO5S. The summed E-state index contributed by atoms with van der Waals surface area (Å²) in [6, 6.07) is 3.57. The first-order chi connectivity index (χ1) is 9.47. The van der Waals surface area contributed by atoms with E-state index in [1.165, 1.54) is 6.07 Å². The van der Waals surface area contributed by atoms with Crippen molar-refractivity contribution >= 4 is 16.0 Å². The molecule has 1 atom stereocenters. The van der Waals surface area contributed by atoms with Crippen molar-refractivity contribution in [2.75, 3.05) is 6.61 Å². The minimum Gasteiger partial charge on any atom is -0.493 e. The van der Waals surface area contributed by atoms with Crippen molar-refractivity contribution < 1.29 is 23.1 Å². The molecule has 0 saturated heterocycles. The molecule has 0 spiro atoms. The molecule has 1 saturated carbocycles. The van der Waals surface area contributed by atoms with Gasteiger partial charge in [-0.2, -0.15) is 4.72 Å². The van der Waals surface area contributed by atoms with E-state index in [-0.39, 0.29) is 10.8 Å². The zero-order valence-corrected chi connectivity index (χ0v) is 11.5. The maximum atomic E-state index is 12.3. The number of nitrogens with one attached hydrogen (secondary N) is 1. The topological polar surface area (TPSA) is 92.7 Å². The fourth-order valence-corrected chi connectivity index (χ4v) is 3.65. The third-order valence-corrected chi connectivity index (χ3v) is 5.05. The second-order valence-electron chi connectivity index (χ2n) is 5.14. The summed E-state index contributed by atoms with van der Waals surface area (Å²) in [6.45, 7) is 0.548. The van der Waals surface area contributed by atoms with E-state index in [1.54, 1.807) is 12.1 Å². The first-order valence-corrected chi connectivity index (χ1v) is 7.96. The Labute approximate surface area is 116 Å². The molecule has 3 rings (SSSR count). The van der Waals surface area contributed by atoms with Crippen molar-refractivity contribution in [2.24, 2.45) is 5.92 Å². The number of sulfonamides is 1. The number of hydrogen-bond acceptors (Lipinski definition) is 4. The molecule has 0 radical (unpaired) electrons. The maximum absolute atomic E-state index is 12.3. The number of benzene rings is 1. The highest BCUT2D eigenvalue weighted by molar-refractivity contribution is 7.89. The number of hydrogen-bond donors (Lipinski definition) is 2. The van der Waals surface area contributed by atoms with Crippen molar-refractivity contribution in [1.82, 2.24) is 4.72 Å². The molecule has 20 heavy (non-hydrogen) atoms. The van der Waals surface area contributed by atoms with E-state index in [9.17, 15) is 13.2 Å². The Morgan fingerprint density at radius 3 is 2.80 bits per heavy atom. The minimum atomic E-state index is -3.82. The molecule has 1 unspecified atom stereocenters. The van der Waals surface area contributed by atoms with Gasteiger partial charge in [-0.3, -0.25) is 4.79 Å². The van der Waals surface area contributed by atoms with Crippen LogP contribution in [0.2, 0.25) is 0 Å². The molecule has 0 amide bonds. The second kappa shape index (κ2) is 4.75. The Morgan fingerprint density at radius 2 is 2.15 bits per heavy atom. The summed E-state index contributed by atoms with van der Waals surface area (Å²) in [5.41, 5.74) is 0.839. The van der Waals surface area contributed by atoms with Gasteiger partial charge in [-0.05, 0) is 42.5 Å². The van der Waals surface area contributed by atoms with Crippen LogP contribution in [0.1, 0.15) is 18.4 Å². The molecular weight excluding hydrogens is 282 g/mol. The zero-order valence-electron chi connectivity index (χ0n) is 10.7. The fourth-order valence-electron chi connectivity index (χ4n) is 2.34. The van der Waals surface area contributed by atoms with E-state index in [4.69, 9.17) is 9.84 Å². The summed E-state index contributed by atoms with van der Waals surface area (Å²) >= 11 is 0. The molecule has 1 fully saturated rings. The van der Waals surface area contributed by atoms with Gasteiger partial charge in [-0.15, -0.1) is 0 Å². The number of rotatable bonds is 5. The molecule has 1 aromatic carbocycles. The van der Waals surface area contributed by atoms with Gasteiger partial charge in [0.2, 0.25) is 10.0 Å². The lowest BCUT2D eigenvalue weighted by Gasteiger charge is -2.14. The summed E-state index contributed by atoms with van der Waals surface area (Å²) in [7, 11) is -3.82. The predicted octanol–water partition coefficient (Wildman–Crippen LogP) is 0.763. The molecule has 1 aliphatic carbocycles. The summed E-state index contributed by atoms with van der Waals surface area (Å²) in [6.07, 6.45) is 2.17. The minimum absolute atomic E-state index is 0.0913. The smallest absolute Gasteiger partial charge is 0.322 e. The van der Waals surface area contributed by atoms with Crippen molar-refractivity contribution in [3.05, 3.63) is 23.8 Å². The van der Waals surface area contributed by atoms with E-state index in [0.29, 0.717) is 18.8 Å². The Balaban J connectivity index is 1.86. The van der Waals surface area contributed by atoms with Crippen LogP contribution >= 0.6 is 0 Å². The van der Waals surface area contributed by atoms with Crippen LogP contribution in [0.15, 0.2) is 23.1 Å². The van der Waals surface area contributed by atoms with E-state index < -0.39 is 22.0 Å². The molecule has 7 heteroatoms. The molecule has 0 aromatic heterocycles. The van der Waals surface area contributed by atoms with Gasteiger partial charge in [-0.25, -0.2) is 8.42 Å². The Morgan fingerprint density at radius 1 is 1.40 bits per heavy atom. The number of carboxylic acids is 1. The van der Waals surface area contributed by atoms with Crippen LogP contribution in [0, 0.1) is 5.92 Å².